The number of rotatable bonds is 8. The molecule has 1 saturated heterocycles. The van der Waals surface area contributed by atoms with E-state index in [1.165, 1.54) is 5.56 Å². The van der Waals surface area contributed by atoms with Gasteiger partial charge in [0.15, 0.2) is 0 Å². The molecule has 2 N–H and O–H groups in total. The largest absolute Gasteiger partial charge is 0.352 e. The Morgan fingerprint density at radius 2 is 1.85 bits per heavy atom. The number of benzene rings is 1. The van der Waals surface area contributed by atoms with Gasteiger partial charge >= 0.3 is 6.03 Å². The molecule has 0 spiro atoms. The van der Waals surface area contributed by atoms with Gasteiger partial charge in [0, 0.05) is 6.04 Å². The Bertz CT molecular complexity index is 671. The number of nitrogens with one attached hydrogen (secondary N) is 2. The van der Waals surface area contributed by atoms with E-state index in [2.05, 4.69) is 17.6 Å². The van der Waals surface area contributed by atoms with Gasteiger partial charge in [0.25, 0.3) is 5.91 Å². The van der Waals surface area contributed by atoms with E-state index in [-0.39, 0.29) is 18.5 Å². The molecular weight excluding hydrogens is 330 g/mol. The minimum Gasteiger partial charge on any atom is -0.352 e. The summed E-state index contributed by atoms with van der Waals surface area (Å²) in [5.41, 5.74) is 0.771. The van der Waals surface area contributed by atoms with Gasteiger partial charge in [-0.1, -0.05) is 51.0 Å². The highest BCUT2D eigenvalue weighted by atomic mass is 16.2. The molecule has 1 fully saturated rings. The second kappa shape index (κ2) is 8.34. The number of nitrogens with zero attached hydrogens (tertiary/aromatic N) is 1. The lowest BCUT2D eigenvalue weighted by atomic mass is 9.91. The second-order valence-corrected chi connectivity index (χ2v) is 7.15. The third-order valence-electron chi connectivity index (χ3n) is 4.78. The van der Waals surface area contributed by atoms with Gasteiger partial charge < -0.3 is 10.6 Å². The zero-order valence-corrected chi connectivity index (χ0v) is 16.1. The van der Waals surface area contributed by atoms with E-state index in [1.807, 2.05) is 38.1 Å². The van der Waals surface area contributed by atoms with Crippen molar-refractivity contribution < 1.29 is 14.4 Å². The van der Waals surface area contributed by atoms with Gasteiger partial charge in [-0.2, -0.15) is 0 Å². The van der Waals surface area contributed by atoms with E-state index in [4.69, 9.17) is 0 Å². The van der Waals surface area contributed by atoms with Gasteiger partial charge in [-0.25, -0.2) is 4.79 Å². The number of hydrogen-bond acceptors (Lipinski definition) is 3. The predicted molar refractivity (Wildman–Crippen MR) is 101 cm³/mol. The summed E-state index contributed by atoms with van der Waals surface area (Å²) in [5, 5.41) is 5.56. The molecule has 0 radical (unpaired) electrons. The van der Waals surface area contributed by atoms with Crippen LogP contribution in [0.15, 0.2) is 24.3 Å². The lowest BCUT2D eigenvalue weighted by Gasteiger charge is -2.22. The molecular formula is C20H29N3O3. The number of urea groups is 1. The number of amides is 4. The summed E-state index contributed by atoms with van der Waals surface area (Å²) in [6.45, 7) is 7.48. The Labute approximate surface area is 155 Å². The summed E-state index contributed by atoms with van der Waals surface area (Å²) >= 11 is 0. The van der Waals surface area contributed by atoms with Gasteiger partial charge in [0.05, 0.1) is 0 Å². The standard InChI is InChI=1S/C20H29N3O3/c1-5-7-14(3)21-17(24)13-23-18(25)20(4,22-19(23)26)16-11-9-15(8-6-2)10-12-16/h9-12,14H,5-8,13H2,1-4H3,(H,21,24)(H,22,26). The molecule has 142 valence electrons. The van der Waals surface area contributed by atoms with Crippen LogP contribution in [0.5, 0.6) is 0 Å². The molecule has 1 aromatic rings. The highest BCUT2D eigenvalue weighted by molar-refractivity contribution is 6.09. The van der Waals surface area contributed by atoms with E-state index in [9.17, 15) is 14.4 Å². The lowest BCUT2D eigenvalue weighted by Crippen LogP contribution is -2.44. The normalized spacial score (nSPS) is 20.8. The van der Waals surface area contributed by atoms with Crippen LogP contribution in [0.25, 0.3) is 0 Å². The Morgan fingerprint density at radius 3 is 2.42 bits per heavy atom. The summed E-state index contributed by atoms with van der Waals surface area (Å²) in [7, 11) is 0. The van der Waals surface area contributed by atoms with E-state index in [1.54, 1.807) is 6.92 Å². The third kappa shape index (κ3) is 4.23. The van der Waals surface area contributed by atoms with Crippen LogP contribution < -0.4 is 10.6 Å². The zero-order chi connectivity index (χ0) is 19.3. The van der Waals surface area contributed by atoms with Gasteiger partial charge in [0.1, 0.15) is 12.1 Å². The van der Waals surface area contributed by atoms with Crippen molar-refractivity contribution >= 4 is 17.8 Å². The Morgan fingerprint density at radius 1 is 1.19 bits per heavy atom. The quantitative estimate of drug-likeness (QED) is 0.701. The average molecular weight is 359 g/mol. The first-order chi connectivity index (χ1) is 12.3. The second-order valence-electron chi connectivity index (χ2n) is 7.15. The lowest BCUT2D eigenvalue weighted by molar-refractivity contribution is -0.135. The molecule has 1 aromatic carbocycles. The molecule has 26 heavy (non-hydrogen) atoms. The zero-order valence-electron chi connectivity index (χ0n) is 16.1. The van der Waals surface area contributed by atoms with Crippen LogP contribution in [0, 0.1) is 0 Å². The minimum absolute atomic E-state index is 0.0192. The monoisotopic (exact) mass is 359 g/mol. The third-order valence-corrected chi connectivity index (χ3v) is 4.78. The van der Waals surface area contributed by atoms with Gasteiger partial charge in [-0.05, 0) is 37.8 Å². The molecule has 0 saturated carbocycles. The molecule has 0 aliphatic carbocycles. The molecule has 2 rings (SSSR count). The smallest absolute Gasteiger partial charge is 0.325 e. The summed E-state index contributed by atoms with van der Waals surface area (Å²) in [6, 6.07) is 7.18. The molecule has 0 bridgehead atoms. The molecule has 6 heteroatoms. The van der Waals surface area contributed by atoms with E-state index in [0.717, 1.165) is 36.1 Å². The van der Waals surface area contributed by atoms with Crippen molar-refractivity contribution in [3.63, 3.8) is 0 Å². The maximum absolute atomic E-state index is 12.9. The summed E-state index contributed by atoms with van der Waals surface area (Å²) < 4.78 is 0. The van der Waals surface area contributed by atoms with Crippen molar-refractivity contribution in [3.05, 3.63) is 35.4 Å². The highest BCUT2D eigenvalue weighted by Gasteiger charge is 2.49. The van der Waals surface area contributed by atoms with Crippen LogP contribution in [0.3, 0.4) is 0 Å². The van der Waals surface area contributed by atoms with E-state index >= 15 is 0 Å². The van der Waals surface area contributed by atoms with Crippen LogP contribution in [0.2, 0.25) is 0 Å². The van der Waals surface area contributed by atoms with Crippen molar-refractivity contribution in [2.24, 2.45) is 0 Å². The van der Waals surface area contributed by atoms with Crippen LogP contribution in [-0.2, 0) is 21.5 Å². The van der Waals surface area contributed by atoms with E-state index < -0.39 is 17.5 Å². The molecule has 6 nitrogen and oxygen atoms in total. The molecule has 1 aliphatic heterocycles. The van der Waals surface area contributed by atoms with E-state index in [0.29, 0.717) is 0 Å². The van der Waals surface area contributed by atoms with Crippen LogP contribution in [-0.4, -0.2) is 35.3 Å². The molecule has 0 aromatic heterocycles. The SMILES string of the molecule is CCCc1ccc(C2(C)NC(=O)N(CC(=O)NC(C)CCC)C2=O)cc1. The number of imide groups is 1. The fraction of sp³-hybridized carbons (Fsp3) is 0.550. The maximum Gasteiger partial charge on any atom is 0.325 e. The number of carbonyl (C=O) groups excluding carboxylic acids is 3. The van der Waals surface area contributed by atoms with Gasteiger partial charge in [0.2, 0.25) is 5.91 Å². The summed E-state index contributed by atoms with van der Waals surface area (Å²) in [5.74, 6) is -0.721. The highest BCUT2D eigenvalue weighted by Crippen LogP contribution is 2.29. The van der Waals surface area contributed by atoms with Gasteiger partial charge in [-0.15, -0.1) is 0 Å². The molecule has 1 aliphatic rings. The fourth-order valence-electron chi connectivity index (χ4n) is 3.30. The van der Waals surface area contributed by atoms with Gasteiger partial charge in [-0.3, -0.25) is 14.5 Å². The maximum atomic E-state index is 12.9. The Hall–Kier alpha value is -2.37. The van der Waals surface area contributed by atoms with Crippen LogP contribution in [0.1, 0.15) is 58.1 Å². The summed E-state index contributed by atoms with van der Waals surface area (Å²) in [6.07, 6.45) is 3.83. The first kappa shape index (κ1) is 19.9. The topological polar surface area (TPSA) is 78.5 Å². The number of hydrogen-bond donors (Lipinski definition) is 2. The molecule has 4 amide bonds. The first-order valence-electron chi connectivity index (χ1n) is 9.34. The van der Waals surface area contributed by atoms with Crippen molar-refractivity contribution in [1.82, 2.24) is 15.5 Å². The fourth-order valence-corrected chi connectivity index (χ4v) is 3.30. The van der Waals surface area contributed by atoms with Crippen LogP contribution in [0.4, 0.5) is 4.79 Å². The molecule has 1 heterocycles. The predicted octanol–water partition coefficient (Wildman–Crippen LogP) is 2.71. The Kier molecular flexibility index (Phi) is 6.40. The minimum atomic E-state index is -1.14. The Balaban J connectivity index is 2.10. The first-order valence-corrected chi connectivity index (χ1v) is 9.34. The number of aryl methyl sites for hydroxylation is 1. The molecule has 2 unspecified atom stereocenters. The van der Waals surface area contributed by atoms with Crippen molar-refractivity contribution in [2.45, 2.75) is 65.0 Å². The summed E-state index contributed by atoms with van der Waals surface area (Å²) in [4.78, 5) is 38.3. The average Bonchev–Trinajstić information content (AvgIpc) is 2.80. The molecule has 2 atom stereocenters. The number of carbonyl (C=O) groups is 3. The van der Waals surface area contributed by atoms with Crippen molar-refractivity contribution in [2.75, 3.05) is 6.54 Å². The van der Waals surface area contributed by atoms with Crippen LogP contribution >= 0.6 is 0 Å². The van der Waals surface area contributed by atoms with Crippen molar-refractivity contribution in [1.29, 1.82) is 0 Å². The van der Waals surface area contributed by atoms with Crippen molar-refractivity contribution in [3.8, 4) is 0 Å².